The Labute approximate surface area is 139 Å². The van der Waals surface area contributed by atoms with E-state index in [0.29, 0.717) is 22.2 Å². The molecule has 0 saturated heterocycles. The fraction of sp³-hybridized carbons (Fsp3) is 0.312. The normalized spacial score (nSPS) is 11.1. The van der Waals surface area contributed by atoms with E-state index in [1.54, 1.807) is 29.6 Å². The standard InChI is InChI=1S/C16H20N4O2S/c1-16(2,3)14(22)20-15-18-10(9-23-15)8-13(21)19-12-7-5-4-6-11(12)17/h4-7,9H,8,17H2,1-3H3,(H,19,21)(H,18,20,22). The van der Waals surface area contributed by atoms with Crippen molar-refractivity contribution < 1.29 is 9.59 Å². The average Bonchev–Trinajstić information content (AvgIpc) is 2.87. The largest absolute Gasteiger partial charge is 0.397 e. The lowest BCUT2D eigenvalue weighted by Crippen LogP contribution is -2.27. The highest BCUT2D eigenvalue weighted by atomic mass is 32.1. The number of nitrogens with one attached hydrogen (secondary N) is 2. The van der Waals surface area contributed by atoms with E-state index in [0.717, 1.165) is 0 Å². The van der Waals surface area contributed by atoms with Crippen LogP contribution in [0.3, 0.4) is 0 Å². The molecule has 0 aliphatic rings. The minimum atomic E-state index is -0.492. The van der Waals surface area contributed by atoms with Gasteiger partial charge in [0.2, 0.25) is 11.8 Å². The number of nitrogen functional groups attached to an aromatic ring is 1. The minimum Gasteiger partial charge on any atom is -0.397 e. The predicted octanol–water partition coefficient (Wildman–Crippen LogP) is 2.89. The summed E-state index contributed by atoms with van der Waals surface area (Å²) in [5, 5.41) is 7.75. The third kappa shape index (κ3) is 4.79. The maximum Gasteiger partial charge on any atom is 0.231 e. The van der Waals surface area contributed by atoms with E-state index in [9.17, 15) is 9.59 Å². The summed E-state index contributed by atoms with van der Waals surface area (Å²) in [6.45, 7) is 5.48. The average molecular weight is 332 g/mol. The molecule has 122 valence electrons. The molecule has 0 unspecified atom stereocenters. The Kier molecular flexibility index (Phi) is 5.00. The fourth-order valence-corrected chi connectivity index (χ4v) is 2.41. The molecule has 0 aliphatic heterocycles. The number of rotatable bonds is 4. The topological polar surface area (TPSA) is 97.1 Å². The molecule has 0 spiro atoms. The van der Waals surface area contributed by atoms with Gasteiger partial charge in [0.25, 0.3) is 0 Å². The van der Waals surface area contributed by atoms with Crippen LogP contribution in [0.25, 0.3) is 0 Å². The first-order valence-corrected chi connectivity index (χ1v) is 8.04. The Hall–Kier alpha value is -2.41. The maximum atomic E-state index is 12.0. The smallest absolute Gasteiger partial charge is 0.231 e. The molecule has 7 heteroatoms. The van der Waals surface area contributed by atoms with Crippen molar-refractivity contribution in [3.8, 4) is 0 Å². The molecule has 2 amide bonds. The van der Waals surface area contributed by atoms with Crippen LogP contribution in [0.2, 0.25) is 0 Å². The number of carbonyl (C=O) groups is 2. The summed E-state index contributed by atoms with van der Waals surface area (Å²) >= 11 is 1.30. The number of nitrogens with zero attached hydrogens (tertiary/aromatic N) is 1. The maximum absolute atomic E-state index is 12.0. The van der Waals surface area contributed by atoms with Crippen LogP contribution < -0.4 is 16.4 Å². The third-order valence-corrected chi connectivity index (χ3v) is 3.84. The van der Waals surface area contributed by atoms with Crippen LogP contribution in [0.4, 0.5) is 16.5 Å². The van der Waals surface area contributed by atoms with Crippen LogP contribution in [-0.2, 0) is 16.0 Å². The lowest BCUT2D eigenvalue weighted by atomic mass is 9.96. The summed E-state index contributed by atoms with van der Waals surface area (Å²) in [6.07, 6.45) is 0.121. The van der Waals surface area contributed by atoms with E-state index in [4.69, 9.17) is 5.73 Å². The predicted molar refractivity (Wildman–Crippen MR) is 93.4 cm³/mol. The van der Waals surface area contributed by atoms with Crippen molar-refractivity contribution in [1.82, 2.24) is 4.98 Å². The molecular weight excluding hydrogens is 312 g/mol. The van der Waals surface area contributed by atoms with E-state index >= 15 is 0 Å². The molecule has 0 aliphatic carbocycles. The van der Waals surface area contributed by atoms with Crippen molar-refractivity contribution >= 4 is 39.7 Å². The summed E-state index contributed by atoms with van der Waals surface area (Å²) in [7, 11) is 0. The quantitative estimate of drug-likeness (QED) is 0.750. The van der Waals surface area contributed by atoms with E-state index < -0.39 is 5.41 Å². The molecule has 1 aromatic carbocycles. The number of hydrogen-bond donors (Lipinski definition) is 3. The number of aromatic nitrogens is 1. The molecule has 6 nitrogen and oxygen atoms in total. The molecular formula is C16H20N4O2S. The van der Waals surface area contributed by atoms with Gasteiger partial charge in [0, 0.05) is 10.8 Å². The Balaban J connectivity index is 1.95. The Morgan fingerprint density at radius 3 is 2.57 bits per heavy atom. The lowest BCUT2D eigenvalue weighted by molar-refractivity contribution is -0.123. The van der Waals surface area contributed by atoms with Gasteiger partial charge in [0.15, 0.2) is 5.13 Å². The highest BCUT2D eigenvalue weighted by molar-refractivity contribution is 7.13. The summed E-state index contributed by atoms with van der Waals surface area (Å²) in [4.78, 5) is 28.2. The van der Waals surface area contributed by atoms with Crippen molar-refractivity contribution in [3.63, 3.8) is 0 Å². The van der Waals surface area contributed by atoms with Gasteiger partial charge in [0.05, 0.1) is 23.5 Å². The van der Waals surface area contributed by atoms with Crippen molar-refractivity contribution in [2.24, 2.45) is 5.41 Å². The Morgan fingerprint density at radius 2 is 1.91 bits per heavy atom. The highest BCUT2D eigenvalue weighted by Crippen LogP contribution is 2.21. The first kappa shape index (κ1) is 17.0. The zero-order valence-corrected chi connectivity index (χ0v) is 14.2. The Bertz CT molecular complexity index is 719. The van der Waals surface area contributed by atoms with Crippen LogP contribution in [0.15, 0.2) is 29.6 Å². The van der Waals surface area contributed by atoms with E-state index in [1.807, 2.05) is 20.8 Å². The molecule has 2 rings (SSSR count). The van der Waals surface area contributed by atoms with Gasteiger partial charge in [-0.1, -0.05) is 32.9 Å². The number of carbonyl (C=O) groups excluding carboxylic acids is 2. The van der Waals surface area contributed by atoms with Crippen LogP contribution in [-0.4, -0.2) is 16.8 Å². The Morgan fingerprint density at radius 1 is 1.22 bits per heavy atom. The number of anilines is 3. The number of nitrogens with two attached hydrogens (primary N) is 1. The zero-order valence-electron chi connectivity index (χ0n) is 13.3. The lowest BCUT2D eigenvalue weighted by Gasteiger charge is -2.15. The summed E-state index contributed by atoms with van der Waals surface area (Å²) in [6, 6.07) is 7.06. The number of thiazole rings is 1. The second kappa shape index (κ2) is 6.78. The fourth-order valence-electron chi connectivity index (χ4n) is 1.70. The van der Waals surface area contributed by atoms with Crippen LogP contribution in [0.5, 0.6) is 0 Å². The van der Waals surface area contributed by atoms with Crippen LogP contribution in [0, 0.1) is 5.41 Å². The molecule has 0 bridgehead atoms. The van der Waals surface area contributed by atoms with Crippen LogP contribution in [0.1, 0.15) is 26.5 Å². The van der Waals surface area contributed by atoms with Crippen molar-refractivity contribution in [1.29, 1.82) is 0 Å². The third-order valence-electron chi connectivity index (χ3n) is 3.03. The first-order chi connectivity index (χ1) is 10.8. The number of hydrogen-bond acceptors (Lipinski definition) is 5. The van der Waals surface area contributed by atoms with Gasteiger partial charge >= 0.3 is 0 Å². The molecule has 4 N–H and O–H groups in total. The van der Waals surface area contributed by atoms with Crippen molar-refractivity contribution in [2.75, 3.05) is 16.4 Å². The first-order valence-electron chi connectivity index (χ1n) is 7.16. The zero-order chi connectivity index (χ0) is 17.0. The van der Waals surface area contributed by atoms with E-state index in [2.05, 4.69) is 15.6 Å². The summed E-state index contributed by atoms with van der Waals surface area (Å²) in [5.74, 6) is -0.318. The van der Waals surface area contributed by atoms with Gasteiger partial charge in [-0.15, -0.1) is 11.3 Å². The molecule has 1 aromatic heterocycles. The van der Waals surface area contributed by atoms with E-state index in [1.165, 1.54) is 11.3 Å². The van der Waals surface area contributed by atoms with Gasteiger partial charge in [-0.2, -0.15) is 0 Å². The molecule has 0 fully saturated rings. The molecule has 0 radical (unpaired) electrons. The molecule has 23 heavy (non-hydrogen) atoms. The number of amides is 2. The number of para-hydroxylation sites is 2. The number of benzene rings is 1. The van der Waals surface area contributed by atoms with Gasteiger partial charge in [0.1, 0.15) is 0 Å². The van der Waals surface area contributed by atoms with Gasteiger partial charge in [-0.25, -0.2) is 4.98 Å². The minimum absolute atomic E-state index is 0.111. The van der Waals surface area contributed by atoms with Gasteiger partial charge in [-0.3, -0.25) is 9.59 Å². The second-order valence-electron chi connectivity index (χ2n) is 6.16. The van der Waals surface area contributed by atoms with E-state index in [-0.39, 0.29) is 18.2 Å². The summed E-state index contributed by atoms with van der Waals surface area (Å²) < 4.78 is 0. The van der Waals surface area contributed by atoms with Crippen molar-refractivity contribution in [3.05, 3.63) is 35.3 Å². The molecule has 0 saturated carbocycles. The molecule has 1 heterocycles. The van der Waals surface area contributed by atoms with Crippen LogP contribution >= 0.6 is 11.3 Å². The molecule has 0 atom stereocenters. The SMILES string of the molecule is CC(C)(C)C(=O)Nc1nc(CC(=O)Nc2ccccc2N)cs1. The van der Waals surface area contributed by atoms with Gasteiger partial charge < -0.3 is 16.4 Å². The summed E-state index contributed by atoms with van der Waals surface area (Å²) in [5.41, 5.74) is 6.99. The molecule has 2 aromatic rings. The monoisotopic (exact) mass is 332 g/mol. The highest BCUT2D eigenvalue weighted by Gasteiger charge is 2.22. The second-order valence-corrected chi connectivity index (χ2v) is 7.02. The van der Waals surface area contributed by atoms with Gasteiger partial charge in [-0.05, 0) is 12.1 Å². The van der Waals surface area contributed by atoms with Crippen molar-refractivity contribution in [2.45, 2.75) is 27.2 Å².